The van der Waals surface area contributed by atoms with Crippen LogP contribution in [-0.2, 0) is 9.47 Å². The first kappa shape index (κ1) is 15.8. The van der Waals surface area contributed by atoms with Crippen molar-refractivity contribution in [2.24, 2.45) is 11.5 Å². The Morgan fingerprint density at radius 3 is 2.10 bits per heavy atom. The summed E-state index contributed by atoms with van der Waals surface area (Å²) in [4.78, 5) is 21.2. The van der Waals surface area contributed by atoms with Crippen LogP contribution in [0.4, 0.5) is 9.59 Å². The molecule has 0 aliphatic heterocycles. The average Bonchev–Trinajstić information content (AvgIpc) is 2.36. The molecule has 0 saturated carbocycles. The number of carbonyl (C=O) groups excluding carboxylic acids is 2. The first-order valence-corrected chi connectivity index (χ1v) is 6.40. The van der Waals surface area contributed by atoms with E-state index in [0.717, 1.165) is 11.1 Å². The number of primary amides is 2. The summed E-state index contributed by atoms with van der Waals surface area (Å²) in [5.41, 5.74) is 12.1. The first-order chi connectivity index (χ1) is 9.49. The maximum Gasteiger partial charge on any atom is 0.404 e. The predicted octanol–water partition coefficient (Wildman–Crippen LogP) is 2.05. The minimum atomic E-state index is -0.790. The van der Waals surface area contributed by atoms with Gasteiger partial charge in [0.15, 0.2) is 0 Å². The monoisotopic (exact) mass is 280 g/mol. The Morgan fingerprint density at radius 1 is 1.10 bits per heavy atom. The van der Waals surface area contributed by atoms with Crippen LogP contribution in [0, 0.1) is 6.92 Å². The molecule has 0 unspecified atom stereocenters. The zero-order chi connectivity index (χ0) is 15.0. The summed E-state index contributed by atoms with van der Waals surface area (Å²) in [5, 5.41) is 0. The van der Waals surface area contributed by atoms with Gasteiger partial charge in [0.2, 0.25) is 0 Å². The van der Waals surface area contributed by atoms with E-state index in [4.69, 9.17) is 20.9 Å². The number of hydrogen-bond acceptors (Lipinski definition) is 4. The fourth-order valence-corrected chi connectivity index (χ4v) is 2.01. The van der Waals surface area contributed by atoms with E-state index in [1.165, 1.54) is 0 Å². The summed E-state index contributed by atoms with van der Waals surface area (Å²) in [6.07, 6.45) is -0.369. The van der Waals surface area contributed by atoms with Gasteiger partial charge in [-0.1, -0.05) is 29.8 Å². The lowest BCUT2D eigenvalue weighted by molar-refractivity contribution is 0.142. The lowest BCUT2D eigenvalue weighted by atomic mass is 9.92. The molecule has 0 aliphatic carbocycles. The number of amides is 2. The van der Waals surface area contributed by atoms with Crippen LogP contribution in [0.5, 0.6) is 0 Å². The molecule has 0 heterocycles. The van der Waals surface area contributed by atoms with Crippen molar-refractivity contribution in [2.45, 2.75) is 25.7 Å². The standard InChI is InChI=1S/C14H20N2O4/c1-10-3-2-4-12(9-10)11(5-7-19-13(15)17)6-8-20-14(16)18/h2-4,9,11H,5-8H2,1H3,(H2,15,17)(H2,16,18). The van der Waals surface area contributed by atoms with E-state index in [9.17, 15) is 9.59 Å². The third kappa shape index (κ3) is 6.08. The van der Waals surface area contributed by atoms with Gasteiger partial charge in [-0.2, -0.15) is 0 Å². The average molecular weight is 280 g/mol. The maximum absolute atomic E-state index is 10.6. The highest BCUT2D eigenvalue weighted by Gasteiger charge is 2.13. The maximum atomic E-state index is 10.6. The number of benzene rings is 1. The van der Waals surface area contributed by atoms with Crippen LogP contribution < -0.4 is 11.5 Å². The Balaban J connectivity index is 2.62. The molecular formula is C14H20N2O4. The molecule has 110 valence electrons. The van der Waals surface area contributed by atoms with Crippen molar-refractivity contribution < 1.29 is 19.1 Å². The van der Waals surface area contributed by atoms with E-state index in [1.807, 2.05) is 25.1 Å². The SMILES string of the molecule is Cc1cccc(C(CCOC(N)=O)CCOC(N)=O)c1. The Bertz CT molecular complexity index is 442. The highest BCUT2D eigenvalue weighted by molar-refractivity contribution is 5.64. The first-order valence-electron chi connectivity index (χ1n) is 6.40. The zero-order valence-electron chi connectivity index (χ0n) is 11.5. The number of hydrogen-bond donors (Lipinski definition) is 2. The summed E-state index contributed by atoms with van der Waals surface area (Å²) >= 11 is 0. The van der Waals surface area contributed by atoms with Gasteiger partial charge in [0.05, 0.1) is 13.2 Å². The second kappa shape index (κ2) is 8.04. The summed E-state index contributed by atoms with van der Waals surface area (Å²) < 4.78 is 9.52. The molecule has 1 aromatic rings. The van der Waals surface area contributed by atoms with E-state index in [0.29, 0.717) is 12.8 Å². The molecule has 0 radical (unpaired) electrons. The molecule has 1 rings (SSSR count). The van der Waals surface area contributed by atoms with Crippen LogP contribution in [0.3, 0.4) is 0 Å². The zero-order valence-corrected chi connectivity index (χ0v) is 11.5. The lowest BCUT2D eigenvalue weighted by Gasteiger charge is -2.17. The number of carbonyl (C=O) groups is 2. The smallest absolute Gasteiger partial charge is 0.404 e. The van der Waals surface area contributed by atoms with Gasteiger partial charge in [-0.15, -0.1) is 0 Å². The fraction of sp³-hybridized carbons (Fsp3) is 0.429. The number of nitrogens with two attached hydrogens (primary N) is 2. The quantitative estimate of drug-likeness (QED) is 0.797. The Morgan fingerprint density at radius 2 is 1.65 bits per heavy atom. The predicted molar refractivity (Wildman–Crippen MR) is 74.2 cm³/mol. The van der Waals surface area contributed by atoms with Crippen molar-refractivity contribution >= 4 is 12.2 Å². The summed E-state index contributed by atoms with van der Waals surface area (Å²) in [6, 6.07) is 8.01. The number of aryl methyl sites for hydroxylation is 1. The van der Waals surface area contributed by atoms with E-state index >= 15 is 0 Å². The van der Waals surface area contributed by atoms with Crippen LogP contribution in [-0.4, -0.2) is 25.4 Å². The van der Waals surface area contributed by atoms with Crippen LogP contribution in [0.2, 0.25) is 0 Å². The van der Waals surface area contributed by atoms with E-state index < -0.39 is 12.2 Å². The number of rotatable bonds is 7. The molecule has 4 N–H and O–H groups in total. The largest absolute Gasteiger partial charge is 0.450 e. The normalized spacial score (nSPS) is 10.3. The molecule has 0 fully saturated rings. The molecule has 0 aromatic heterocycles. The van der Waals surface area contributed by atoms with Gasteiger partial charge in [0, 0.05) is 0 Å². The van der Waals surface area contributed by atoms with Crippen LogP contribution in [0.25, 0.3) is 0 Å². The number of ether oxygens (including phenoxy) is 2. The fourth-order valence-electron chi connectivity index (χ4n) is 2.01. The third-order valence-electron chi connectivity index (χ3n) is 2.93. The summed E-state index contributed by atoms with van der Waals surface area (Å²) in [7, 11) is 0. The minimum absolute atomic E-state index is 0.105. The van der Waals surface area contributed by atoms with Crippen molar-refractivity contribution in [2.75, 3.05) is 13.2 Å². The van der Waals surface area contributed by atoms with E-state index in [-0.39, 0.29) is 19.1 Å². The van der Waals surface area contributed by atoms with E-state index in [2.05, 4.69) is 6.07 Å². The highest BCUT2D eigenvalue weighted by Crippen LogP contribution is 2.24. The second-order valence-corrected chi connectivity index (χ2v) is 4.52. The minimum Gasteiger partial charge on any atom is -0.450 e. The Labute approximate surface area is 118 Å². The lowest BCUT2D eigenvalue weighted by Crippen LogP contribution is -2.17. The van der Waals surface area contributed by atoms with Gasteiger partial charge < -0.3 is 20.9 Å². The second-order valence-electron chi connectivity index (χ2n) is 4.52. The molecule has 0 bridgehead atoms. The van der Waals surface area contributed by atoms with Crippen molar-refractivity contribution in [1.29, 1.82) is 0 Å². The van der Waals surface area contributed by atoms with Gasteiger partial charge in [0.1, 0.15) is 0 Å². The Hall–Kier alpha value is -2.24. The molecule has 0 spiro atoms. The van der Waals surface area contributed by atoms with E-state index in [1.54, 1.807) is 0 Å². The molecule has 0 aliphatic rings. The van der Waals surface area contributed by atoms with Gasteiger partial charge in [-0.3, -0.25) is 0 Å². The molecule has 6 heteroatoms. The molecule has 6 nitrogen and oxygen atoms in total. The van der Waals surface area contributed by atoms with Crippen molar-refractivity contribution in [3.05, 3.63) is 35.4 Å². The molecular weight excluding hydrogens is 260 g/mol. The van der Waals surface area contributed by atoms with Gasteiger partial charge >= 0.3 is 12.2 Å². The molecule has 20 heavy (non-hydrogen) atoms. The van der Waals surface area contributed by atoms with Crippen molar-refractivity contribution in [3.63, 3.8) is 0 Å². The van der Waals surface area contributed by atoms with Gasteiger partial charge in [0.25, 0.3) is 0 Å². The van der Waals surface area contributed by atoms with Crippen LogP contribution >= 0.6 is 0 Å². The highest BCUT2D eigenvalue weighted by atomic mass is 16.5. The van der Waals surface area contributed by atoms with Crippen molar-refractivity contribution in [1.82, 2.24) is 0 Å². The molecule has 0 saturated heterocycles. The van der Waals surface area contributed by atoms with Crippen LogP contribution in [0.15, 0.2) is 24.3 Å². The molecule has 0 atom stereocenters. The van der Waals surface area contributed by atoms with Crippen LogP contribution in [0.1, 0.15) is 29.9 Å². The Kier molecular flexibility index (Phi) is 6.36. The van der Waals surface area contributed by atoms with Gasteiger partial charge in [-0.25, -0.2) is 9.59 Å². The van der Waals surface area contributed by atoms with Gasteiger partial charge in [-0.05, 0) is 31.2 Å². The third-order valence-corrected chi connectivity index (χ3v) is 2.93. The summed E-state index contributed by atoms with van der Waals surface area (Å²) in [5.74, 6) is 0.105. The summed E-state index contributed by atoms with van der Waals surface area (Å²) in [6.45, 7) is 2.45. The molecule has 2 amide bonds. The topological polar surface area (TPSA) is 105 Å². The van der Waals surface area contributed by atoms with Crippen molar-refractivity contribution in [3.8, 4) is 0 Å². The molecule has 1 aromatic carbocycles.